The van der Waals surface area contributed by atoms with Crippen LogP contribution in [0.4, 0.5) is 0 Å². The third-order valence-corrected chi connectivity index (χ3v) is 3.93. The third-order valence-electron chi connectivity index (χ3n) is 2.33. The first-order chi connectivity index (χ1) is 8.01. The molecule has 0 amide bonds. The van der Waals surface area contributed by atoms with Crippen LogP contribution in [-0.2, 0) is 23.8 Å². The maximum atomic E-state index is 11.7. The number of methoxy groups -OCH3 is 1. The lowest BCUT2D eigenvalue weighted by Gasteiger charge is -2.15. The first-order valence-corrected chi connectivity index (χ1v) is 6.39. The van der Waals surface area contributed by atoms with Crippen molar-refractivity contribution in [3.8, 4) is 0 Å². The summed E-state index contributed by atoms with van der Waals surface area (Å²) < 4.78 is 32.4. The van der Waals surface area contributed by atoms with E-state index in [0.717, 1.165) is 7.11 Å². The van der Waals surface area contributed by atoms with E-state index in [4.69, 9.17) is 0 Å². The highest BCUT2D eigenvalue weighted by Crippen LogP contribution is 2.27. The lowest BCUT2D eigenvalue weighted by Crippen LogP contribution is -2.19. The van der Waals surface area contributed by atoms with Crippen LogP contribution in [0.1, 0.15) is 17.2 Å². The van der Waals surface area contributed by atoms with Crippen LogP contribution in [0.15, 0.2) is 30.3 Å². The summed E-state index contributed by atoms with van der Waals surface area (Å²) >= 11 is 0. The molecule has 0 radical (unpaired) electrons. The van der Waals surface area contributed by atoms with Crippen molar-refractivity contribution in [2.75, 3.05) is 14.2 Å². The molecule has 0 N–H and O–H groups in total. The Bertz CT molecular complexity index is 466. The molecule has 6 heteroatoms. The highest BCUT2D eigenvalue weighted by atomic mass is 32.2. The second-order valence-corrected chi connectivity index (χ2v) is 5.23. The molecule has 0 unspecified atom stereocenters. The Morgan fingerprint density at radius 3 is 2.29 bits per heavy atom. The molecule has 0 saturated heterocycles. The zero-order valence-corrected chi connectivity index (χ0v) is 10.4. The van der Waals surface area contributed by atoms with Gasteiger partial charge in [0.1, 0.15) is 5.25 Å². The molecular weight excluding hydrogens is 244 g/mol. The zero-order chi connectivity index (χ0) is 12.9. The smallest absolute Gasteiger partial charge is 0.307 e. The normalized spacial score (nSPS) is 13.1. The molecule has 1 aromatic carbocycles. The van der Waals surface area contributed by atoms with Gasteiger partial charge in [0.15, 0.2) is 0 Å². The molecule has 0 aliphatic carbocycles. The SMILES string of the molecule is COC(=O)C[C@H](c1ccccc1)S(=O)(=O)OC. The predicted molar refractivity (Wildman–Crippen MR) is 61.7 cm³/mol. The summed E-state index contributed by atoms with van der Waals surface area (Å²) in [5.41, 5.74) is 0.500. The molecule has 5 nitrogen and oxygen atoms in total. The molecule has 1 aromatic rings. The van der Waals surface area contributed by atoms with Crippen molar-refractivity contribution in [2.45, 2.75) is 11.7 Å². The van der Waals surface area contributed by atoms with E-state index in [1.54, 1.807) is 30.3 Å². The number of carbonyl (C=O) groups excluding carboxylic acids is 1. The fourth-order valence-corrected chi connectivity index (χ4v) is 2.47. The van der Waals surface area contributed by atoms with Crippen LogP contribution >= 0.6 is 0 Å². The number of carbonyl (C=O) groups is 1. The number of hydrogen-bond donors (Lipinski definition) is 0. The monoisotopic (exact) mass is 258 g/mol. The van der Waals surface area contributed by atoms with E-state index < -0.39 is 21.3 Å². The molecule has 0 saturated carbocycles. The quantitative estimate of drug-likeness (QED) is 0.587. The molecular formula is C11H14O5S. The zero-order valence-electron chi connectivity index (χ0n) is 9.62. The van der Waals surface area contributed by atoms with E-state index in [1.807, 2.05) is 0 Å². The van der Waals surface area contributed by atoms with Crippen molar-refractivity contribution >= 4 is 16.1 Å². The minimum Gasteiger partial charge on any atom is -0.469 e. The van der Waals surface area contributed by atoms with Crippen molar-refractivity contribution in [3.05, 3.63) is 35.9 Å². The molecule has 0 aromatic heterocycles. The molecule has 0 fully saturated rings. The molecule has 0 spiro atoms. The fourth-order valence-electron chi connectivity index (χ4n) is 1.41. The average Bonchev–Trinajstić information content (AvgIpc) is 2.36. The van der Waals surface area contributed by atoms with Crippen molar-refractivity contribution in [3.63, 3.8) is 0 Å². The van der Waals surface area contributed by atoms with Gasteiger partial charge in [-0.15, -0.1) is 0 Å². The Kier molecular flexibility index (Phi) is 4.65. The van der Waals surface area contributed by atoms with Gasteiger partial charge in [0.05, 0.1) is 20.6 Å². The predicted octanol–water partition coefficient (Wildman–Crippen LogP) is 1.27. The van der Waals surface area contributed by atoms with Gasteiger partial charge in [-0.1, -0.05) is 30.3 Å². The van der Waals surface area contributed by atoms with Gasteiger partial charge in [-0.25, -0.2) is 0 Å². The van der Waals surface area contributed by atoms with E-state index in [2.05, 4.69) is 8.92 Å². The van der Waals surface area contributed by atoms with Gasteiger partial charge in [0.25, 0.3) is 10.1 Å². The maximum Gasteiger partial charge on any atom is 0.307 e. The van der Waals surface area contributed by atoms with E-state index in [1.165, 1.54) is 7.11 Å². The molecule has 0 heterocycles. The molecule has 0 aliphatic rings. The fraction of sp³-hybridized carbons (Fsp3) is 0.364. The van der Waals surface area contributed by atoms with E-state index in [-0.39, 0.29) is 6.42 Å². The number of ether oxygens (including phenoxy) is 1. The first kappa shape index (κ1) is 13.7. The molecule has 1 rings (SSSR count). The van der Waals surface area contributed by atoms with Gasteiger partial charge in [-0.3, -0.25) is 8.98 Å². The Morgan fingerprint density at radius 1 is 1.24 bits per heavy atom. The molecule has 94 valence electrons. The maximum absolute atomic E-state index is 11.7. The van der Waals surface area contributed by atoms with Gasteiger partial charge >= 0.3 is 5.97 Å². The molecule has 1 atom stereocenters. The van der Waals surface area contributed by atoms with Gasteiger partial charge in [0.2, 0.25) is 0 Å². The Balaban J connectivity index is 3.08. The van der Waals surface area contributed by atoms with Crippen molar-refractivity contribution in [1.29, 1.82) is 0 Å². The number of benzene rings is 1. The first-order valence-electron chi connectivity index (χ1n) is 4.92. The van der Waals surface area contributed by atoms with Crippen LogP contribution in [0.5, 0.6) is 0 Å². The van der Waals surface area contributed by atoms with E-state index >= 15 is 0 Å². The molecule has 0 aliphatic heterocycles. The summed E-state index contributed by atoms with van der Waals surface area (Å²) in [5, 5.41) is -1.04. The van der Waals surface area contributed by atoms with Crippen LogP contribution in [0.3, 0.4) is 0 Å². The van der Waals surface area contributed by atoms with Crippen molar-refractivity contribution in [1.82, 2.24) is 0 Å². The van der Waals surface area contributed by atoms with Crippen LogP contribution in [0.2, 0.25) is 0 Å². The van der Waals surface area contributed by atoms with Gasteiger partial charge in [0, 0.05) is 0 Å². The van der Waals surface area contributed by atoms with Crippen molar-refractivity contribution in [2.24, 2.45) is 0 Å². The molecule has 0 bridgehead atoms. The summed E-state index contributed by atoms with van der Waals surface area (Å²) in [7, 11) is -1.54. The Labute approximate surface area is 100 Å². The minimum atomic E-state index is -3.82. The van der Waals surface area contributed by atoms with Crippen LogP contribution in [0, 0.1) is 0 Å². The summed E-state index contributed by atoms with van der Waals surface area (Å²) in [6.07, 6.45) is -0.267. The highest BCUT2D eigenvalue weighted by Gasteiger charge is 2.30. The van der Waals surface area contributed by atoms with Gasteiger partial charge in [-0.05, 0) is 5.56 Å². The summed E-state index contributed by atoms with van der Waals surface area (Å²) in [6.45, 7) is 0. The Hall–Kier alpha value is -1.40. The third kappa shape index (κ3) is 3.54. The largest absolute Gasteiger partial charge is 0.469 e. The molecule has 17 heavy (non-hydrogen) atoms. The van der Waals surface area contributed by atoms with Gasteiger partial charge in [-0.2, -0.15) is 8.42 Å². The number of esters is 1. The summed E-state index contributed by atoms with van der Waals surface area (Å²) in [6, 6.07) is 8.42. The minimum absolute atomic E-state index is 0.267. The van der Waals surface area contributed by atoms with Crippen molar-refractivity contribution < 1.29 is 22.1 Å². The average molecular weight is 258 g/mol. The van der Waals surface area contributed by atoms with E-state index in [9.17, 15) is 13.2 Å². The van der Waals surface area contributed by atoms with Gasteiger partial charge < -0.3 is 4.74 Å². The second kappa shape index (κ2) is 5.79. The van der Waals surface area contributed by atoms with Crippen LogP contribution in [-0.4, -0.2) is 28.6 Å². The standard InChI is InChI=1S/C11H14O5S/c1-15-11(12)8-10(17(13,14)16-2)9-6-4-3-5-7-9/h3-7,10H,8H2,1-2H3/t10-/m1/s1. The summed E-state index contributed by atoms with van der Waals surface area (Å²) in [5.74, 6) is -0.598. The Morgan fingerprint density at radius 2 is 1.82 bits per heavy atom. The number of rotatable bonds is 5. The van der Waals surface area contributed by atoms with E-state index in [0.29, 0.717) is 5.56 Å². The van der Waals surface area contributed by atoms with Crippen LogP contribution in [0.25, 0.3) is 0 Å². The number of hydrogen-bond acceptors (Lipinski definition) is 5. The lowest BCUT2D eigenvalue weighted by atomic mass is 10.1. The highest BCUT2D eigenvalue weighted by molar-refractivity contribution is 7.87. The topological polar surface area (TPSA) is 69.7 Å². The van der Waals surface area contributed by atoms with Crippen LogP contribution < -0.4 is 0 Å². The lowest BCUT2D eigenvalue weighted by molar-refractivity contribution is -0.140. The second-order valence-electron chi connectivity index (χ2n) is 3.34. The summed E-state index contributed by atoms with van der Waals surface area (Å²) in [4.78, 5) is 11.2.